The van der Waals surface area contributed by atoms with E-state index < -0.39 is 10.0 Å². The number of rotatable bonds is 7. The topological polar surface area (TPSA) is 136 Å². The zero-order valence-corrected chi connectivity index (χ0v) is 20.0. The minimum atomic E-state index is -3.96. The number of carbonyl (C=O) groups is 1. The molecule has 0 fully saturated rings. The van der Waals surface area contributed by atoms with E-state index in [0.29, 0.717) is 21.7 Å². The van der Waals surface area contributed by atoms with Crippen molar-refractivity contribution in [1.82, 2.24) is 25.1 Å². The van der Waals surface area contributed by atoms with Gasteiger partial charge in [-0.3, -0.25) is 18.9 Å². The Labute approximate surface area is 203 Å². The monoisotopic (exact) mass is 516 g/mol. The predicted molar refractivity (Wildman–Crippen MR) is 130 cm³/mol. The molecule has 2 heterocycles. The molecular formula is C21H17ClN6O4S2. The summed E-state index contributed by atoms with van der Waals surface area (Å²) in [6, 6.07) is 15.4. The number of carbonyl (C=O) groups excluding carboxylic acids is 1. The lowest BCUT2D eigenvalue weighted by atomic mass is 10.2. The average Bonchev–Trinajstić information content (AvgIpc) is 2.84. The summed E-state index contributed by atoms with van der Waals surface area (Å²) in [5, 5.41) is 10.6. The summed E-state index contributed by atoms with van der Waals surface area (Å²) < 4.78 is 29.1. The third-order valence-electron chi connectivity index (χ3n) is 4.63. The van der Waals surface area contributed by atoms with Crippen LogP contribution in [0, 0.1) is 0 Å². The molecule has 0 aliphatic carbocycles. The summed E-state index contributed by atoms with van der Waals surface area (Å²) in [6.45, 7) is 0. The zero-order chi connectivity index (χ0) is 24.3. The largest absolute Gasteiger partial charge is 0.358 e. The van der Waals surface area contributed by atoms with Gasteiger partial charge in [0.1, 0.15) is 0 Å². The van der Waals surface area contributed by atoms with Gasteiger partial charge in [0.05, 0.1) is 27.2 Å². The third-order valence-corrected chi connectivity index (χ3v) is 7.14. The maximum atomic E-state index is 13.3. The van der Waals surface area contributed by atoms with Crippen LogP contribution in [0.25, 0.3) is 16.6 Å². The Morgan fingerprint density at radius 1 is 1.06 bits per heavy atom. The van der Waals surface area contributed by atoms with Crippen LogP contribution in [0.15, 0.2) is 75.5 Å². The molecular weight excluding hydrogens is 500 g/mol. The van der Waals surface area contributed by atoms with Gasteiger partial charge in [-0.25, -0.2) is 13.4 Å². The lowest BCUT2D eigenvalue weighted by molar-refractivity contribution is -0.118. The Hall–Kier alpha value is -3.48. The molecule has 0 aliphatic heterocycles. The highest BCUT2D eigenvalue weighted by atomic mass is 35.5. The Balaban J connectivity index is 1.72. The van der Waals surface area contributed by atoms with Crippen molar-refractivity contribution in [2.24, 2.45) is 0 Å². The standard InChI is InChI=1S/C21H17ClN6O4S2/c1-23-19(29)12-33-21-24-16-5-3-2-4-15(16)20(30)28(21)13-6-8-14(9-7-13)34(31,32)27-18-11-10-17(22)25-26-18/h2-11H,12H2,1H3,(H,23,29)(H,26,27). The number of hydrogen-bond donors (Lipinski definition) is 2. The zero-order valence-electron chi connectivity index (χ0n) is 17.6. The van der Waals surface area contributed by atoms with Crippen LogP contribution in [-0.4, -0.2) is 46.9 Å². The molecule has 0 bridgehead atoms. The number of thioether (sulfide) groups is 1. The predicted octanol–water partition coefficient (Wildman–Crippen LogP) is 2.47. The maximum absolute atomic E-state index is 13.3. The Morgan fingerprint density at radius 2 is 1.79 bits per heavy atom. The number of aromatic nitrogens is 4. The SMILES string of the molecule is CNC(=O)CSc1nc2ccccc2c(=O)n1-c1ccc(S(=O)(=O)Nc2ccc(Cl)nn2)cc1. The van der Waals surface area contributed by atoms with E-state index in [-0.39, 0.29) is 33.1 Å². The first kappa shape index (κ1) is 23.7. The van der Waals surface area contributed by atoms with Gasteiger partial charge >= 0.3 is 0 Å². The van der Waals surface area contributed by atoms with Crippen molar-refractivity contribution >= 4 is 56.0 Å². The van der Waals surface area contributed by atoms with Crippen molar-refractivity contribution in [3.05, 3.63) is 76.2 Å². The smallest absolute Gasteiger partial charge is 0.266 e. The molecule has 2 N–H and O–H groups in total. The number of fused-ring (bicyclic) bond motifs is 1. The molecule has 0 saturated carbocycles. The summed E-state index contributed by atoms with van der Waals surface area (Å²) in [6.07, 6.45) is 0. The second-order valence-corrected chi connectivity index (χ2v) is 9.87. The van der Waals surface area contributed by atoms with Gasteiger partial charge < -0.3 is 5.32 Å². The van der Waals surface area contributed by atoms with Crippen LogP contribution in [0.3, 0.4) is 0 Å². The first-order valence-corrected chi connectivity index (χ1v) is 12.6. The Bertz CT molecular complexity index is 1520. The molecule has 0 saturated heterocycles. The van der Waals surface area contributed by atoms with Crippen molar-refractivity contribution < 1.29 is 13.2 Å². The molecule has 0 aliphatic rings. The van der Waals surface area contributed by atoms with E-state index in [1.807, 2.05) is 0 Å². The van der Waals surface area contributed by atoms with Crippen LogP contribution in [0.1, 0.15) is 0 Å². The van der Waals surface area contributed by atoms with Gasteiger partial charge in [0.2, 0.25) is 5.91 Å². The number of halogens is 1. The van der Waals surface area contributed by atoms with Gasteiger partial charge in [-0.1, -0.05) is 35.5 Å². The number of hydrogen-bond acceptors (Lipinski definition) is 8. The number of para-hydroxylation sites is 1. The molecule has 174 valence electrons. The molecule has 4 rings (SSSR count). The van der Waals surface area contributed by atoms with Gasteiger partial charge in [-0.2, -0.15) is 0 Å². The number of anilines is 1. The lowest BCUT2D eigenvalue weighted by Gasteiger charge is -2.14. The fourth-order valence-corrected chi connectivity index (χ4v) is 4.96. The number of nitrogens with zero attached hydrogens (tertiary/aromatic N) is 4. The van der Waals surface area contributed by atoms with Crippen LogP contribution in [0.5, 0.6) is 0 Å². The van der Waals surface area contributed by atoms with Crippen molar-refractivity contribution in [2.75, 3.05) is 17.5 Å². The number of amides is 1. The third kappa shape index (κ3) is 5.03. The molecule has 1 amide bonds. The van der Waals surface area contributed by atoms with E-state index in [9.17, 15) is 18.0 Å². The summed E-state index contributed by atoms with van der Waals surface area (Å²) in [7, 11) is -2.44. The van der Waals surface area contributed by atoms with Gasteiger partial charge in [0.15, 0.2) is 16.1 Å². The van der Waals surface area contributed by atoms with E-state index in [1.165, 1.54) is 48.0 Å². The molecule has 2 aromatic carbocycles. The Kier molecular flexibility index (Phi) is 6.82. The highest BCUT2D eigenvalue weighted by Crippen LogP contribution is 2.23. The number of sulfonamides is 1. The van der Waals surface area contributed by atoms with E-state index in [4.69, 9.17) is 11.6 Å². The summed E-state index contributed by atoms with van der Waals surface area (Å²) >= 11 is 6.78. The normalized spacial score (nSPS) is 11.4. The highest BCUT2D eigenvalue weighted by Gasteiger charge is 2.18. The average molecular weight is 517 g/mol. The maximum Gasteiger partial charge on any atom is 0.266 e. The summed E-state index contributed by atoms with van der Waals surface area (Å²) in [4.78, 5) is 29.5. The van der Waals surface area contributed by atoms with Gasteiger partial charge in [-0.15, -0.1) is 10.2 Å². The minimum Gasteiger partial charge on any atom is -0.358 e. The molecule has 34 heavy (non-hydrogen) atoms. The van der Waals surface area contributed by atoms with Crippen molar-refractivity contribution in [2.45, 2.75) is 10.1 Å². The van der Waals surface area contributed by atoms with E-state index in [2.05, 4.69) is 25.2 Å². The molecule has 0 unspecified atom stereocenters. The fourth-order valence-electron chi connectivity index (χ4n) is 2.98. The number of nitrogens with one attached hydrogen (secondary N) is 2. The van der Waals surface area contributed by atoms with Gasteiger partial charge in [-0.05, 0) is 48.5 Å². The van der Waals surface area contributed by atoms with Crippen molar-refractivity contribution in [3.8, 4) is 5.69 Å². The molecule has 0 atom stereocenters. The second-order valence-electron chi connectivity index (χ2n) is 6.85. The lowest BCUT2D eigenvalue weighted by Crippen LogP contribution is -2.24. The van der Waals surface area contributed by atoms with Crippen LogP contribution in [0.4, 0.5) is 5.82 Å². The van der Waals surface area contributed by atoms with Crippen molar-refractivity contribution in [1.29, 1.82) is 0 Å². The van der Waals surface area contributed by atoms with Crippen LogP contribution >= 0.6 is 23.4 Å². The second kappa shape index (κ2) is 9.79. The first-order chi connectivity index (χ1) is 16.3. The molecule has 13 heteroatoms. The molecule has 10 nitrogen and oxygen atoms in total. The van der Waals surface area contributed by atoms with Crippen LogP contribution in [-0.2, 0) is 14.8 Å². The van der Waals surface area contributed by atoms with Crippen LogP contribution in [0.2, 0.25) is 5.15 Å². The molecule has 0 radical (unpaired) electrons. The van der Waals surface area contributed by atoms with E-state index >= 15 is 0 Å². The molecule has 4 aromatic rings. The van der Waals surface area contributed by atoms with Gasteiger partial charge in [0.25, 0.3) is 15.6 Å². The number of benzene rings is 2. The fraction of sp³-hybridized carbons (Fsp3) is 0.0952. The first-order valence-electron chi connectivity index (χ1n) is 9.76. The van der Waals surface area contributed by atoms with Gasteiger partial charge in [0, 0.05) is 7.05 Å². The molecule has 0 spiro atoms. The summed E-state index contributed by atoms with van der Waals surface area (Å²) in [5.41, 5.74) is 0.554. The Morgan fingerprint density at radius 3 is 2.47 bits per heavy atom. The van der Waals surface area contributed by atoms with E-state index in [0.717, 1.165) is 11.8 Å². The van der Waals surface area contributed by atoms with E-state index in [1.54, 1.807) is 24.3 Å². The minimum absolute atomic E-state index is 0.0105. The summed E-state index contributed by atoms with van der Waals surface area (Å²) in [5.74, 6) is -0.159. The van der Waals surface area contributed by atoms with Crippen molar-refractivity contribution in [3.63, 3.8) is 0 Å². The quantitative estimate of drug-likeness (QED) is 0.282. The molecule has 2 aromatic heterocycles. The van der Waals surface area contributed by atoms with Crippen LogP contribution < -0.4 is 15.6 Å². The highest BCUT2D eigenvalue weighted by molar-refractivity contribution is 7.99.